The molecule has 282 valence electrons. The van der Waals surface area contributed by atoms with Gasteiger partial charge in [-0.1, -0.05) is 142 Å². The number of pyridine rings is 2. The highest BCUT2D eigenvalue weighted by atomic mass is 35.5. The van der Waals surface area contributed by atoms with Gasteiger partial charge in [-0.25, -0.2) is 4.98 Å². The van der Waals surface area contributed by atoms with E-state index in [-0.39, 0.29) is 0 Å². The van der Waals surface area contributed by atoms with E-state index in [1.54, 1.807) is 28.9 Å². The second-order valence-electron chi connectivity index (χ2n) is 12.7. The maximum absolute atomic E-state index is 6.06. The normalized spacial score (nSPS) is 10.6. The molecule has 0 radical (unpaired) electrons. The first kappa shape index (κ1) is 43.2. The molecule has 0 spiro atoms. The van der Waals surface area contributed by atoms with E-state index in [2.05, 4.69) is 141 Å². The molecular weight excluding hydrogens is 752 g/mol. The average Bonchev–Trinajstić information content (AvgIpc) is 3.87. The van der Waals surface area contributed by atoms with Crippen LogP contribution in [0, 0.1) is 13.8 Å². The Hall–Kier alpha value is -4.58. The van der Waals surface area contributed by atoms with E-state index < -0.39 is 0 Å². The standard InChI is InChI=1S/C14H15N.C13H12ClN.C12H11ClS.C10H12S/c1-3-12-5-8-13(9-6-12)14-7-4-11(2)15-10-14;1-2-10-3-5-11(6-4-10)12-7-8-15-13(14)9-12;1-2-9-3-5-10(6-4-9)12-11(13)7-8-14-12;1-4-9(5-2)10-6-8(3)7-11-10/h4-10H,3H2,1-2H3;3-9H,2H2,1H3;3-8H,2H2,1H3;4-7H,1H2,2-3H3/b;;;9-5+. The lowest BCUT2D eigenvalue weighted by Gasteiger charge is -2.02. The first-order chi connectivity index (χ1) is 26.7. The number of nitrogens with zero attached hydrogens (tertiary/aromatic N) is 2. The summed E-state index contributed by atoms with van der Waals surface area (Å²) in [5.74, 6) is 0. The molecule has 0 aliphatic rings. The first-order valence-corrected chi connectivity index (χ1v) is 21.1. The molecule has 0 unspecified atom stereocenters. The van der Waals surface area contributed by atoms with Crippen molar-refractivity contribution >= 4 is 51.4 Å². The van der Waals surface area contributed by atoms with Crippen LogP contribution in [-0.2, 0) is 19.3 Å². The Bertz CT molecular complexity index is 2210. The molecule has 0 bridgehead atoms. The molecule has 0 aliphatic heterocycles. The Morgan fingerprint density at radius 1 is 0.636 bits per heavy atom. The topological polar surface area (TPSA) is 25.8 Å². The van der Waals surface area contributed by atoms with Crippen LogP contribution in [0.4, 0.5) is 0 Å². The van der Waals surface area contributed by atoms with Crippen LogP contribution in [0.25, 0.3) is 38.3 Å². The molecule has 3 aromatic carbocycles. The number of aromatic nitrogens is 2. The number of rotatable bonds is 8. The maximum Gasteiger partial charge on any atom is 0.129 e. The van der Waals surface area contributed by atoms with Crippen molar-refractivity contribution in [2.75, 3.05) is 0 Å². The fourth-order valence-electron chi connectivity index (χ4n) is 5.42. The third-order valence-corrected chi connectivity index (χ3v) is 11.5. The summed E-state index contributed by atoms with van der Waals surface area (Å²) in [6.45, 7) is 16.4. The van der Waals surface area contributed by atoms with Crippen molar-refractivity contribution in [1.29, 1.82) is 0 Å². The summed E-state index contributed by atoms with van der Waals surface area (Å²) in [6, 6.07) is 37.9. The molecule has 6 heteroatoms. The highest BCUT2D eigenvalue weighted by Gasteiger charge is 2.04. The lowest BCUT2D eigenvalue weighted by molar-refractivity contribution is 1.14. The van der Waals surface area contributed by atoms with E-state index in [9.17, 15) is 0 Å². The Morgan fingerprint density at radius 2 is 1.18 bits per heavy atom. The van der Waals surface area contributed by atoms with Crippen molar-refractivity contribution in [3.8, 4) is 32.7 Å². The molecule has 0 N–H and O–H groups in total. The zero-order chi connectivity index (χ0) is 39.6. The van der Waals surface area contributed by atoms with Gasteiger partial charge in [-0.3, -0.25) is 4.98 Å². The molecule has 0 amide bonds. The summed E-state index contributed by atoms with van der Waals surface area (Å²) >= 11 is 15.4. The minimum atomic E-state index is 0.534. The summed E-state index contributed by atoms with van der Waals surface area (Å²) < 4.78 is 0. The van der Waals surface area contributed by atoms with Crippen LogP contribution in [0.15, 0.2) is 151 Å². The number of benzene rings is 3. The maximum atomic E-state index is 6.06. The summed E-state index contributed by atoms with van der Waals surface area (Å²) in [4.78, 5) is 10.7. The number of thiophene rings is 2. The van der Waals surface area contributed by atoms with Crippen LogP contribution in [-0.4, -0.2) is 9.97 Å². The zero-order valence-electron chi connectivity index (χ0n) is 32.7. The Balaban J connectivity index is 0.000000164. The molecule has 55 heavy (non-hydrogen) atoms. The highest BCUT2D eigenvalue weighted by Crippen LogP contribution is 2.33. The molecule has 0 saturated heterocycles. The van der Waals surface area contributed by atoms with Crippen molar-refractivity contribution in [1.82, 2.24) is 9.97 Å². The monoisotopic (exact) mass is 800 g/mol. The minimum Gasteiger partial charge on any atom is -0.261 e. The van der Waals surface area contributed by atoms with Crippen molar-refractivity contribution in [2.45, 2.75) is 60.8 Å². The van der Waals surface area contributed by atoms with Crippen LogP contribution in [0.3, 0.4) is 0 Å². The van der Waals surface area contributed by atoms with Gasteiger partial charge in [-0.05, 0) is 131 Å². The van der Waals surface area contributed by atoms with Crippen molar-refractivity contribution < 1.29 is 0 Å². The van der Waals surface area contributed by atoms with Gasteiger partial charge in [-0.15, -0.1) is 22.7 Å². The van der Waals surface area contributed by atoms with E-state index in [4.69, 9.17) is 23.2 Å². The van der Waals surface area contributed by atoms with Gasteiger partial charge in [0, 0.05) is 28.5 Å². The quantitative estimate of drug-likeness (QED) is 0.113. The SMILES string of the molecule is C=C/C(=C\C)c1cc(C)cs1.CCc1ccc(-c2ccc(C)nc2)cc1.CCc1ccc(-c2ccnc(Cl)c2)cc1.CCc1ccc(-c2sccc2Cl)cc1. The fraction of sp³-hybridized carbons (Fsp3) is 0.184. The first-order valence-electron chi connectivity index (χ1n) is 18.6. The van der Waals surface area contributed by atoms with Gasteiger partial charge in [0.1, 0.15) is 5.15 Å². The molecule has 7 aromatic rings. The fourth-order valence-corrected chi connectivity index (χ4v) is 7.74. The molecule has 0 fully saturated rings. The second kappa shape index (κ2) is 22.7. The largest absolute Gasteiger partial charge is 0.261 e. The van der Waals surface area contributed by atoms with E-state index in [1.807, 2.05) is 55.8 Å². The second-order valence-corrected chi connectivity index (χ2v) is 15.4. The number of hydrogen-bond donors (Lipinski definition) is 0. The molecule has 4 heterocycles. The Morgan fingerprint density at radius 3 is 1.60 bits per heavy atom. The number of aryl methyl sites for hydroxylation is 5. The van der Waals surface area contributed by atoms with E-state index in [0.717, 1.165) is 40.4 Å². The number of allylic oxidation sites excluding steroid dienone is 3. The van der Waals surface area contributed by atoms with Gasteiger partial charge in [-0.2, -0.15) is 0 Å². The smallest absolute Gasteiger partial charge is 0.129 e. The van der Waals surface area contributed by atoms with Gasteiger partial charge in [0.05, 0.1) is 9.90 Å². The van der Waals surface area contributed by atoms with Crippen LogP contribution < -0.4 is 0 Å². The third-order valence-electron chi connectivity index (χ3n) is 8.82. The van der Waals surface area contributed by atoms with Crippen LogP contribution in [0.1, 0.15) is 60.5 Å². The molecule has 0 atom stereocenters. The van der Waals surface area contributed by atoms with Crippen LogP contribution in [0.2, 0.25) is 10.2 Å². The van der Waals surface area contributed by atoms with Gasteiger partial charge in [0.15, 0.2) is 0 Å². The summed E-state index contributed by atoms with van der Waals surface area (Å²) in [6.07, 6.45) is 10.9. The lowest BCUT2D eigenvalue weighted by atomic mass is 10.0. The van der Waals surface area contributed by atoms with Crippen molar-refractivity contribution in [2.24, 2.45) is 0 Å². The zero-order valence-corrected chi connectivity index (χ0v) is 35.8. The summed E-state index contributed by atoms with van der Waals surface area (Å²) in [7, 11) is 0. The molecule has 2 nitrogen and oxygen atoms in total. The molecular formula is C49H50Cl2N2S2. The van der Waals surface area contributed by atoms with Crippen LogP contribution in [0.5, 0.6) is 0 Å². The minimum absolute atomic E-state index is 0.534. The average molecular weight is 802 g/mol. The van der Waals surface area contributed by atoms with Crippen molar-refractivity contribution in [3.63, 3.8) is 0 Å². The van der Waals surface area contributed by atoms with Gasteiger partial charge >= 0.3 is 0 Å². The Labute approximate surface area is 346 Å². The van der Waals surface area contributed by atoms with E-state index in [1.165, 1.54) is 55.0 Å². The lowest BCUT2D eigenvalue weighted by Crippen LogP contribution is -1.84. The summed E-state index contributed by atoms with van der Waals surface area (Å²) in [5, 5.41) is 5.56. The van der Waals surface area contributed by atoms with Gasteiger partial charge < -0.3 is 0 Å². The Kier molecular flexibility index (Phi) is 17.8. The van der Waals surface area contributed by atoms with E-state index in [0.29, 0.717) is 5.15 Å². The van der Waals surface area contributed by atoms with Crippen molar-refractivity contribution in [3.05, 3.63) is 194 Å². The summed E-state index contributed by atoms with van der Waals surface area (Å²) in [5.41, 5.74) is 13.6. The highest BCUT2D eigenvalue weighted by molar-refractivity contribution is 7.14. The van der Waals surface area contributed by atoms with Gasteiger partial charge in [0.25, 0.3) is 0 Å². The predicted octanol–water partition coefficient (Wildman–Crippen LogP) is 15.9. The number of halogens is 2. The van der Waals surface area contributed by atoms with E-state index >= 15 is 0 Å². The number of hydrogen-bond acceptors (Lipinski definition) is 4. The molecule has 7 rings (SSSR count). The van der Waals surface area contributed by atoms with Crippen LogP contribution >= 0.6 is 45.9 Å². The predicted molar refractivity (Wildman–Crippen MR) is 245 cm³/mol. The molecule has 0 saturated carbocycles. The third kappa shape index (κ3) is 13.6. The molecule has 0 aliphatic carbocycles. The van der Waals surface area contributed by atoms with Gasteiger partial charge in [0.2, 0.25) is 0 Å². The molecule has 4 aromatic heterocycles.